The Morgan fingerprint density at radius 1 is 1.00 bits per heavy atom. The first-order valence-corrected chi connectivity index (χ1v) is 17.3. The Labute approximate surface area is 307 Å². The number of hydrogen-bond donors (Lipinski definition) is 4. The van der Waals surface area contributed by atoms with E-state index < -0.39 is 41.7 Å². The van der Waals surface area contributed by atoms with Gasteiger partial charge in [-0.2, -0.15) is 0 Å². The van der Waals surface area contributed by atoms with Crippen LogP contribution in [0.1, 0.15) is 41.3 Å². The number of likely N-dealkylation sites (N-methyl/N-ethyl adjacent to an activating group) is 1. The van der Waals surface area contributed by atoms with Crippen LogP contribution in [-0.4, -0.2) is 78.6 Å². The Kier molecular flexibility index (Phi) is 12.9. The molecule has 1 aliphatic heterocycles. The van der Waals surface area contributed by atoms with E-state index in [-0.39, 0.29) is 73.5 Å². The zero-order valence-corrected chi connectivity index (χ0v) is 29.8. The van der Waals surface area contributed by atoms with Crippen LogP contribution < -0.4 is 30.2 Å². The third-order valence-electron chi connectivity index (χ3n) is 8.53. The van der Waals surface area contributed by atoms with E-state index >= 15 is 0 Å². The second-order valence-electron chi connectivity index (χ2n) is 12.9. The van der Waals surface area contributed by atoms with Gasteiger partial charge in [-0.15, -0.1) is 0 Å². The molecule has 0 aliphatic carbocycles. The first-order valence-electron chi connectivity index (χ1n) is 17.3. The first-order chi connectivity index (χ1) is 25.5. The Morgan fingerprint density at radius 3 is 2.49 bits per heavy atom. The minimum Gasteiger partial charge on any atom is -0.508 e. The van der Waals surface area contributed by atoms with Crippen LogP contribution in [0, 0.1) is 12.7 Å². The van der Waals surface area contributed by atoms with Crippen molar-refractivity contribution < 1.29 is 42.9 Å². The van der Waals surface area contributed by atoms with Gasteiger partial charge in [0.25, 0.3) is 5.91 Å². The molecule has 0 unspecified atom stereocenters. The molecule has 0 radical (unpaired) electrons. The number of para-hydroxylation sites is 2. The van der Waals surface area contributed by atoms with E-state index in [1.807, 2.05) is 19.1 Å². The Balaban J connectivity index is 1.31. The number of halogens is 1. The molecule has 0 saturated carbocycles. The Bertz CT molecular complexity index is 1900. The molecular formula is C40H43FN4O8. The summed E-state index contributed by atoms with van der Waals surface area (Å²) in [5.41, 5.74) is 1.91. The molecule has 13 heteroatoms. The predicted molar refractivity (Wildman–Crippen MR) is 195 cm³/mol. The average Bonchev–Trinajstić information content (AvgIpc) is 3.14. The quantitative estimate of drug-likeness (QED) is 0.194. The van der Waals surface area contributed by atoms with Crippen molar-refractivity contribution in [2.24, 2.45) is 0 Å². The van der Waals surface area contributed by atoms with Gasteiger partial charge in [0.15, 0.2) is 17.3 Å². The van der Waals surface area contributed by atoms with Crippen LogP contribution in [-0.2, 0) is 20.8 Å². The molecule has 4 amide bonds. The molecule has 5 rings (SSSR count). The van der Waals surface area contributed by atoms with Gasteiger partial charge in [-0.1, -0.05) is 48.0 Å². The smallest absolute Gasteiger partial charge is 0.255 e. The number of phenols is 1. The van der Waals surface area contributed by atoms with Crippen molar-refractivity contribution in [1.29, 1.82) is 0 Å². The predicted octanol–water partition coefficient (Wildman–Crippen LogP) is 4.67. The molecule has 0 bridgehead atoms. The van der Waals surface area contributed by atoms with Gasteiger partial charge in [0.05, 0.1) is 18.2 Å². The molecule has 0 saturated heterocycles. The van der Waals surface area contributed by atoms with Gasteiger partial charge in [-0.3, -0.25) is 19.2 Å². The van der Waals surface area contributed by atoms with Gasteiger partial charge < -0.3 is 40.2 Å². The summed E-state index contributed by atoms with van der Waals surface area (Å²) in [7, 11) is 1.59. The second-order valence-corrected chi connectivity index (χ2v) is 12.9. The fourth-order valence-electron chi connectivity index (χ4n) is 5.60. The van der Waals surface area contributed by atoms with E-state index in [0.717, 1.165) is 5.56 Å². The number of benzene rings is 4. The van der Waals surface area contributed by atoms with E-state index in [0.29, 0.717) is 11.3 Å². The molecule has 1 aliphatic rings. The number of phenolic OH excluding ortho intramolecular Hbond substituents is 1. The van der Waals surface area contributed by atoms with Gasteiger partial charge in [-0.25, -0.2) is 4.39 Å². The van der Waals surface area contributed by atoms with Crippen LogP contribution in [0.2, 0.25) is 0 Å². The molecule has 0 fully saturated rings. The fourth-order valence-corrected chi connectivity index (χ4v) is 5.60. The molecule has 4 aromatic rings. The highest BCUT2D eigenvalue weighted by molar-refractivity contribution is 6.00. The highest BCUT2D eigenvalue weighted by Gasteiger charge is 2.29. The van der Waals surface area contributed by atoms with Crippen LogP contribution in [0.15, 0.2) is 91.0 Å². The lowest BCUT2D eigenvalue weighted by Crippen LogP contribution is -2.51. The van der Waals surface area contributed by atoms with E-state index in [4.69, 9.17) is 14.2 Å². The summed E-state index contributed by atoms with van der Waals surface area (Å²) in [5, 5.41) is 18.0. The molecule has 4 aromatic carbocycles. The fraction of sp³-hybridized carbons (Fsp3) is 0.300. The SMILES string of the molecule is Cc1ccc(Oc2cccc(F)c2OC[C@@H](C)NC(=O)[C@@H]2CCC(=O)N[C@@H](Cc3ccc(O)cc3)C(=O)N(C)CCOc3ccccc3C(=O)N2)cc1. The van der Waals surface area contributed by atoms with Crippen molar-refractivity contribution in [3.05, 3.63) is 114 Å². The molecule has 0 aromatic heterocycles. The summed E-state index contributed by atoms with van der Waals surface area (Å²) >= 11 is 0. The van der Waals surface area contributed by atoms with Crippen molar-refractivity contribution >= 4 is 23.6 Å². The molecule has 12 nitrogen and oxygen atoms in total. The van der Waals surface area contributed by atoms with Crippen LogP contribution in [0.5, 0.6) is 28.7 Å². The monoisotopic (exact) mass is 726 g/mol. The maximum Gasteiger partial charge on any atom is 0.255 e. The van der Waals surface area contributed by atoms with Crippen molar-refractivity contribution in [3.8, 4) is 28.7 Å². The number of aryl methyl sites for hydroxylation is 1. The van der Waals surface area contributed by atoms with Gasteiger partial charge >= 0.3 is 0 Å². The molecular weight excluding hydrogens is 683 g/mol. The molecule has 3 atom stereocenters. The van der Waals surface area contributed by atoms with Gasteiger partial charge in [0.1, 0.15) is 42.5 Å². The summed E-state index contributed by atoms with van der Waals surface area (Å²) < 4.78 is 32.5. The van der Waals surface area contributed by atoms with Crippen molar-refractivity contribution in [2.45, 2.75) is 51.2 Å². The van der Waals surface area contributed by atoms with Crippen LogP contribution in [0.25, 0.3) is 0 Å². The van der Waals surface area contributed by atoms with E-state index in [1.54, 1.807) is 68.6 Å². The number of nitrogens with one attached hydrogen (secondary N) is 3. The lowest BCUT2D eigenvalue weighted by molar-refractivity contribution is -0.135. The highest BCUT2D eigenvalue weighted by Crippen LogP contribution is 2.34. The zero-order valence-electron chi connectivity index (χ0n) is 29.8. The average molecular weight is 727 g/mol. The largest absolute Gasteiger partial charge is 0.508 e. The number of rotatable bonds is 9. The lowest BCUT2D eigenvalue weighted by Gasteiger charge is -2.25. The van der Waals surface area contributed by atoms with Crippen LogP contribution in [0.4, 0.5) is 4.39 Å². The van der Waals surface area contributed by atoms with Gasteiger partial charge in [0, 0.05) is 19.9 Å². The van der Waals surface area contributed by atoms with E-state index in [2.05, 4.69) is 16.0 Å². The van der Waals surface area contributed by atoms with E-state index in [9.17, 15) is 28.7 Å². The number of ether oxygens (including phenoxy) is 3. The van der Waals surface area contributed by atoms with Crippen molar-refractivity contribution in [1.82, 2.24) is 20.9 Å². The number of aromatic hydroxyl groups is 1. The minimum atomic E-state index is -1.18. The molecule has 53 heavy (non-hydrogen) atoms. The van der Waals surface area contributed by atoms with E-state index in [1.165, 1.54) is 29.2 Å². The number of nitrogens with zero attached hydrogens (tertiary/aromatic N) is 1. The lowest BCUT2D eigenvalue weighted by atomic mass is 10.0. The summed E-state index contributed by atoms with van der Waals surface area (Å²) in [4.78, 5) is 55.5. The summed E-state index contributed by atoms with van der Waals surface area (Å²) in [6.07, 6.45) is -0.173. The van der Waals surface area contributed by atoms with Gasteiger partial charge in [-0.05, 0) is 74.4 Å². The zero-order chi connectivity index (χ0) is 37.9. The number of fused-ring (bicyclic) bond motifs is 1. The standard InChI is InChI=1S/C40H43FN4O8/c1-25-11-17-29(18-12-25)53-35-10-6-8-31(41)37(35)52-24-26(2)42-39(49)32-19-20-36(47)43-33(23-27-13-15-28(46)16-14-27)40(50)45(3)21-22-51-34-9-5-4-7-30(34)38(48)44-32/h4-18,26,32-33,46H,19-24H2,1-3H3,(H,42,49)(H,43,47)(H,44,48)/t26-,32+,33+/m1/s1. The van der Waals surface area contributed by atoms with Gasteiger partial charge in [0.2, 0.25) is 17.7 Å². The Hall–Kier alpha value is -6.11. The maximum atomic E-state index is 14.9. The minimum absolute atomic E-state index is 0.0492. The number of carbonyl (C=O) groups is 4. The molecule has 4 N–H and O–H groups in total. The summed E-state index contributed by atoms with van der Waals surface area (Å²) in [6.45, 7) is 3.65. The third-order valence-corrected chi connectivity index (χ3v) is 8.53. The maximum absolute atomic E-state index is 14.9. The normalized spacial score (nSPS) is 17.5. The molecule has 278 valence electrons. The molecule has 1 heterocycles. The third kappa shape index (κ3) is 10.7. The van der Waals surface area contributed by atoms with Crippen LogP contribution >= 0.6 is 0 Å². The number of carbonyl (C=O) groups excluding carboxylic acids is 4. The second kappa shape index (κ2) is 17.9. The van der Waals surface area contributed by atoms with Crippen LogP contribution in [0.3, 0.4) is 0 Å². The number of amides is 4. The molecule has 0 spiro atoms. The van der Waals surface area contributed by atoms with Crippen molar-refractivity contribution in [2.75, 3.05) is 26.8 Å². The Morgan fingerprint density at radius 2 is 1.74 bits per heavy atom. The van der Waals surface area contributed by atoms with Crippen molar-refractivity contribution in [3.63, 3.8) is 0 Å². The summed E-state index contributed by atoms with van der Waals surface area (Å²) in [6, 6.07) is 21.6. The summed E-state index contributed by atoms with van der Waals surface area (Å²) in [5.74, 6) is -1.89. The highest BCUT2D eigenvalue weighted by atomic mass is 19.1. The first kappa shape index (κ1) is 38.1. The topological polar surface area (TPSA) is 156 Å². The number of hydrogen-bond acceptors (Lipinski definition) is 8.